The molecule has 3 N–H and O–H groups in total. The number of nitrogens with one attached hydrogen (secondary N) is 3. The third-order valence-electron chi connectivity index (χ3n) is 5.81. The van der Waals surface area contributed by atoms with Gasteiger partial charge in [0.2, 0.25) is 5.91 Å². The lowest BCUT2D eigenvalue weighted by Gasteiger charge is -2.31. The van der Waals surface area contributed by atoms with Gasteiger partial charge < -0.3 is 29.4 Å². The van der Waals surface area contributed by atoms with Gasteiger partial charge in [0.05, 0.1) is 33.4 Å². The maximum Gasteiger partial charge on any atom is 0.322 e. The number of imide groups is 1. The van der Waals surface area contributed by atoms with Crippen LogP contribution in [0.1, 0.15) is 23.8 Å². The molecule has 1 saturated heterocycles. The highest BCUT2D eigenvalue weighted by Crippen LogP contribution is 2.28. The Morgan fingerprint density at radius 2 is 1.65 bits per heavy atom. The molecule has 1 aliphatic rings. The van der Waals surface area contributed by atoms with E-state index in [0.29, 0.717) is 28.5 Å². The number of ether oxygens (including phenoxy) is 2. The average Bonchev–Trinajstić information content (AvgIpc) is 3.53. The van der Waals surface area contributed by atoms with Gasteiger partial charge in [0.15, 0.2) is 0 Å². The van der Waals surface area contributed by atoms with E-state index in [9.17, 15) is 19.2 Å². The molecule has 0 unspecified atom stereocenters. The quantitative estimate of drug-likeness (QED) is 0.359. The minimum Gasteiger partial charge on any atom is -0.497 e. The standard InChI is InChI=1S/C26H26N4O7/c1-35-18-9-5-16(6-10-18)23(25(33)27-17-7-11-19(36-2)12-8-17)30(15-20-4-3-13-37-20)22(31)14-21-24(32)29-26(34)28-21/h3-13,21,23H,14-15H2,1-2H3,(H,27,33)(H2,28,29,32,34)/t21-,23+/m1/s1. The molecular formula is C26H26N4O7. The van der Waals surface area contributed by atoms with Gasteiger partial charge in [-0.15, -0.1) is 0 Å². The van der Waals surface area contributed by atoms with E-state index in [0.717, 1.165) is 0 Å². The molecule has 1 fully saturated rings. The number of methoxy groups -OCH3 is 2. The monoisotopic (exact) mass is 506 g/mol. The Kier molecular flexibility index (Phi) is 7.72. The van der Waals surface area contributed by atoms with Gasteiger partial charge in [-0.1, -0.05) is 12.1 Å². The van der Waals surface area contributed by atoms with Crippen LogP contribution in [0, 0.1) is 0 Å². The van der Waals surface area contributed by atoms with E-state index in [1.54, 1.807) is 67.8 Å². The van der Waals surface area contributed by atoms with Crippen molar-refractivity contribution in [2.45, 2.75) is 25.0 Å². The summed E-state index contributed by atoms with van der Waals surface area (Å²) in [5.41, 5.74) is 1.00. The van der Waals surface area contributed by atoms with Crippen molar-refractivity contribution in [1.29, 1.82) is 0 Å². The Labute approximate surface area is 212 Å². The van der Waals surface area contributed by atoms with Crippen LogP contribution in [0.15, 0.2) is 71.3 Å². The highest BCUT2D eigenvalue weighted by atomic mass is 16.5. The maximum atomic E-state index is 13.7. The number of furan rings is 1. The van der Waals surface area contributed by atoms with Crippen LogP contribution in [-0.4, -0.2) is 48.9 Å². The highest BCUT2D eigenvalue weighted by Gasteiger charge is 2.37. The molecule has 2 atom stereocenters. The first kappa shape index (κ1) is 25.3. The second-order valence-corrected chi connectivity index (χ2v) is 8.21. The molecule has 4 rings (SSSR count). The predicted octanol–water partition coefficient (Wildman–Crippen LogP) is 2.60. The van der Waals surface area contributed by atoms with E-state index >= 15 is 0 Å². The molecule has 0 saturated carbocycles. The number of nitrogens with zero attached hydrogens (tertiary/aromatic N) is 1. The maximum absolute atomic E-state index is 13.7. The van der Waals surface area contributed by atoms with Gasteiger partial charge in [-0.3, -0.25) is 19.7 Å². The molecular weight excluding hydrogens is 480 g/mol. The number of amides is 5. The lowest BCUT2D eigenvalue weighted by Crippen LogP contribution is -2.44. The van der Waals surface area contributed by atoms with Crippen LogP contribution in [0.25, 0.3) is 0 Å². The first-order valence-corrected chi connectivity index (χ1v) is 11.4. The minimum absolute atomic E-state index is 0.0547. The van der Waals surface area contributed by atoms with Crippen LogP contribution in [0.3, 0.4) is 0 Å². The van der Waals surface area contributed by atoms with Crippen molar-refractivity contribution in [3.8, 4) is 11.5 Å². The molecule has 11 heteroatoms. The average molecular weight is 507 g/mol. The molecule has 2 heterocycles. The van der Waals surface area contributed by atoms with E-state index in [2.05, 4.69) is 16.0 Å². The zero-order valence-corrected chi connectivity index (χ0v) is 20.2. The molecule has 1 aromatic heterocycles. The third-order valence-corrected chi connectivity index (χ3v) is 5.81. The molecule has 0 radical (unpaired) electrons. The summed E-state index contributed by atoms with van der Waals surface area (Å²) in [6.45, 7) is -0.0547. The van der Waals surface area contributed by atoms with Gasteiger partial charge in [0, 0.05) is 5.69 Å². The number of benzene rings is 2. The number of hydrogen-bond acceptors (Lipinski definition) is 7. The third kappa shape index (κ3) is 6.07. The SMILES string of the molecule is COc1ccc(NC(=O)[C@H](c2ccc(OC)cc2)N(Cc2ccco2)C(=O)C[C@H]2NC(=O)NC2=O)cc1. The van der Waals surface area contributed by atoms with E-state index < -0.39 is 35.8 Å². The molecule has 0 spiro atoms. The lowest BCUT2D eigenvalue weighted by molar-refractivity contribution is -0.141. The number of rotatable bonds is 10. The van der Waals surface area contributed by atoms with Crippen molar-refractivity contribution < 1.29 is 33.1 Å². The van der Waals surface area contributed by atoms with E-state index in [4.69, 9.17) is 13.9 Å². The molecule has 3 aromatic rings. The van der Waals surface area contributed by atoms with Crippen molar-refractivity contribution >= 4 is 29.4 Å². The van der Waals surface area contributed by atoms with Crippen molar-refractivity contribution in [2.75, 3.05) is 19.5 Å². The number of carbonyl (C=O) groups is 4. The lowest BCUT2D eigenvalue weighted by atomic mass is 10.0. The Bertz CT molecular complexity index is 1260. The Hall–Kier alpha value is -4.80. The zero-order valence-electron chi connectivity index (χ0n) is 20.2. The normalized spacial score (nSPS) is 15.4. The first-order chi connectivity index (χ1) is 17.9. The molecule has 1 aliphatic heterocycles. The molecule has 0 aliphatic carbocycles. The Morgan fingerprint density at radius 1 is 1.00 bits per heavy atom. The summed E-state index contributed by atoms with van der Waals surface area (Å²) >= 11 is 0. The van der Waals surface area contributed by atoms with Gasteiger partial charge in [0.1, 0.15) is 29.3 Å². The van der Waals surface area contributed by atoms with Crippen LogP contribution in [0.2, 0.25) is 0 Å². The Morgan fingerprint density at radius 3 is 2.19 bits per heavy atom. The largest absolute Gasteiger partial charge is 0.497 e. The molecule has 37 heavy (non-hydrogen) atoms. The van der Waals surface area contributed by atoms with Gasteiger partial charge in [-0.25, -0.2) is 4.79 Å². The van der Waals surface area contributed by atoms with Crippen molar-refractivity contribution in [1.82, 2.24) is 15.5 Å². The highest BCUT2D eigenvalue weighted by molar-refractivity contribution is 6.06. The number of carbonyl (C=O) groups excluding carboxylic acids is 4. The summed E-state index contributed by atoms with van der Waals surface area (Å²) in [6.07, 6.45) is 1.11. The smallest absolute Gasteiger partial charge is 0.322 e. The van der Waals surface area contributed by atoms with E-state index in [1.807, 2.05) is 0 Å². The molecule has 11 nitrogen and oxygen atoms in total. The second kappa shape index (κ2) is 11.3. The van der Waals surface area contributed by atoms with Crippen LogP contribution >= 0.6 is 0 Å². The summed E-state index contributed by atoms with van der Waals surface area (Å²) < 4.78 is 15.9. The van der Waals surface area contributed by atoms with Gasteiger partial charge >= 0.3 is 6.03 Å². The number of urea groups is 1. The van der Waals surface area contributed by atoms with Crippen LogP contribution in [0.5, 0.6) is 11.5 Å². The fourth-order valence-corrected chi connectivity index (χ4v) is 3.93. The van der Waals surface area contributed by atoms with Crippen LogP contribution in [0.4, 0.5) is 10.5 Å². The summed E-state index contributed by atoms with van der Waals surface area (Å²) in [5, 5.41) is 7.38. The first-order valence-electron chi connectivity index (χ1n) is 11.4. The van der Waals surface area contributed by atoms with E-state index in [1.165, 1.54) is 18.3 Å². The van der Waals surface area contributed by atoms with E-state index in [-0.39, 0.29) is 13.0 Å². The van der Waals surface area contributed by atoms with Crippen LogP contribution in [-0.2, 0) is 20.9 Å². The topological polar surface area (TPSA) is 139 Å². The summed E-state index contributed by atoms with van der Waals surface area (Å²) in [7, 11) is 3.06. The fourth-order valence-electron chi connectivity index (χ4n) is 3.93. The van der Waals surface area contributed by atoms with Crippen molar-refractivity contribution in [3.05, 3.63) is 78.3 Å². The van der Waals surface area contributed by atoms with Gasteiger partial charge in [0.25, 0.3) is 11.8 Å². The fraction of sp³-hybridized carbons (Fsp3) is 0.231. The molecule has 5 amide bonds. The van der Waals surface area contributed by atoms with Gasteiger partial charge in [-0.2, -0.15) is 0 Å². The molecule has 0 bridgehead atoms. The van der Waals surface area contributed by atoms with Crippen LogP contribution < -0.4 is 25.4 Å². The summed E-state index contributed by atoms with van der Waals surface area (Å²) in [5.74, 6) is -0.00729. The second-order valence-electron chi connectivity index (χ2n) is 8.21. The van der Waals surface area contributed by atoms with Crippen molar-refractivity contribution in [2.24, 2.45) is 0 Å². The Balaban J connectivity index is 1.69. The minimum atomic E-state index is -1.11. The summed E-state index contributed by atoms with van der Waals surface area (Å²) in [6, 6.07) is 14.0. The van der Waals surface area contributed by atoms with Gasteiger partial charge in [-0.05, 0) is 54.1 Å². The zero-order chi connectivity index (χ0) is 26.4. The molecule has 2 aromatic carbocycles. The number of anilines is 1. The number of hydrogen-bond donors (Lipinski definition) is 3. The summed E-state index contributed by atoms with van der Waals surface area (Å²) in [4.78, 5) is 52.3. The molecule has 192 valence electrons. The predicted molar refractivity (Wildman–Crippen MR) is 132 cm³/mol. The van der Waals surface area contributed by atoms with Crippen molar-refractivity contribution in [3.63, 3.8) is 0 Å².